The topological polar surface area (TPSA) is 110 Å². The van der Waals surface area contributed by atoms with Crippen molar-refractivity contribution in [3.05, 3.63) is 70.8 Å². The molecule has 4 rings (SSSR count). The van der Waals surface area contributed by atoms with Crippen LogP contribution in [0.1, 0.15) is 32.1 Å². The molecule has 3 amide bonds. The second-order valence-electron chi connectivity index (χ2n) is 6.81. The first kappa shape index (κ1) is 19.4. The van der Waals surface area contributed by atoms with Gasteiger partial charge in [-0.25, -0.2) is 4.39 Å². The minimum atomic E-state index is -0.442. The minimum Gasteiger partial charge on any atom is -0.324 e. The summed E-state index contributed by atoms with van der Waals surface area (Å²) in [7, 11) is 0. The number of halogens is 1. The number of aryl methyl sites for hydroxylation is 1. The van der Waals surface area contributed by atoms with Crippen molar-refractivity contribution < 1.29 is 18.8 Å². The number of carbonyl (C=O) groups is 3. The maximum Gasteiger partial charge on any atom is 0.261 e. The molecule has 10 heteroatoms. The van der Waals surface area contributed by atoms with Crippen molar-refractivity contribution in [1.82, 2.24) is 25.1 Å². The molecule has 0 bridgehead atoms. The summed E-state index contributed by atoms with van der Waals surface area (Å²) in [5.74, 6) is -1.27. The van der Waals surface area contributed by atoms with Crippen LogP contribution in [0, 0.1) is 12.7 Å². The van der Waals surface area contributed by atoms with Crippen LogP contribution >= 0.6 is 0 Å². The molecule has 1 aromatic heterocycles. The number of rotatable bonds is 6. The van der Waals surface area contributed by atoms with Gasteiger partial charge in [0.25, 0.3) is 11.8 Å². The van der Waals surface area contributed by atoms with E-state index in [-0.39, 0.29) is 31.3 Å². The minimum absolute atomic E-state index is 0.104. The van der Waals surface area contributed by atoms with E-state index in [1.165, 1.54) is 6.07 Å². The Balaban J connectivity index is 1.33. The van der Waals surface area contributed by atoms with Crippen LogP contribution in [0.15, 0.2) is 42.5 Å². The highest BCUT2D eigenvalue weighted by Gasteiger charge is 2.34. The second kappa shape index (κ2) is 7.82. The lowest BCUT2D eigenvalue weighted by Gasteiger charge is -2.11. The van der Waals surface area contributed by atoms with Crippen molar-refractivity contribution >= 4 is 23.4 Å². The number of aromatic nitrogens is 4. The maximum atomic E-state index is 13.6. The molecular weight excluding hydrogens is 391 g/mol. The van der Waals surface area contributed by atoms with E-state index in [9.17, 15) is 18.8 Å². The van der Waals surface area contributed by atoms with E-state index in [2.05, 4.69) is 20.7 Å². The third-order valence-corrected chi connectivity index (χ3v) is 4.67. The summed E-state index contributed by atoms with van der Waals surface area (Å²) in [6.07, 6.45) is 0.205. The van der Waals surface area contributed by atoms with E-state index in [4.69, 9.17) is 0 Å². The number of anilines is 1. The van der Waals surface area contributed by atoms with E-state index >= 15 is 0 Å². The summed E-state index contributed by atoms with van der Waals surface area (Å²) >= 11 is 0. The normalized spacial score (nSPS) is 12.9. The number of tetrazole rings is 1. The fraction of sp³-hybridized carbons (Fsp3) is 0.200. The summed E-state index contributed by atoms with van der Waals surface area (Å²) in [5.41, 5.74) is 1.56. The average Bonchev–Trinajstić information content (AvgIpc) is 3.26. The van der Waals surface area contributed by atoms with E-state index in [0.29, 0.717) is 28.2 Å². The van der Waals surface area contributed by atoms with Gasteiger partial charge in [0.15, 0.2) is 5.82 Å². The highest BCUT2D eigenvalue weighted by Crippen LogP contribution is 2.22. The molecule has 1 aliphatic heterocycles. The van der Waals surface area contributed by atoms with Crippen molar-refractivity contribution in [1.29, 1.82) is 0 Å². The van der Waals surface area contributed by atoms with Crippen LogP contribution in [-0.4, -0.2) is 49.4 Å². The Labute approximate surface area is 170 Å². The molecule has 0 saturated heterocycles. The highest BCUT2D eigenvalue weighted by molar-refractivity contribution is 6.21. The molecule has 9 nitrogen and oxygen atoms in total. The molecule has 0 radical (unpaired) electrons. The van der Waals surface area contributed by atoms with Crippen molar-refractivity contribution in [2.24, 2.45) is 0 Å². The smallest absolute Gasteiger partial charge is 0.261 e. The fourth-order valence-electron chi connectivity index (χ4n) is 3.10. The number of fused-ring (bicyclic) bond motifs is 1. The Morgan fingerprint density at radius 1 is 1.10 bits per heavy atom. The number of hydrogen-bond donors (Lipinski definition) is 1. The van der Waals surface area contributed by atoms with E-state index < -0.39 is 11.7 Å². The van der Waals surface area contributed by atoms with E-state index in [0.717, 1.165) is 9.70 Å². The van der Waals surface area contributed by atoms with Gasteiger partial charge in [0.2, 0.25) is 5.91 Å². The van der Waals surface area contributed by atoms with Gasteiger partial charge in [0.1, 0.15) is 12.4 Å². The van der Waals surface area contributed by atoms with E-state index in [1.54, 1.807) is 43.3 Å². The standard InChI is InChI=1S/C20H17FN6O3/c1-12-6-7-13(10-16(12)21)22-18(28)11-27-24-17(23-25-27)8-9-26-19(29)14-4-2-3-5-15(14)20(26)30/h2-7,10H,8-9,11H2,1H3,(H,22,28). The quantitative estimate of drug-likeness (QED) is 0.621. The zero-order valence-electron chi connectivity index (χ0n) is 16.0. The molecular formula is C20H17FN6O3. The summed E-state index contributed by atoms with van der Waals surface area (Å²) in [6, 6.07) is 11.0. The maximum absolute atomic E-state index is 13.6. The Bertz CT molecular complexity index is 1120. The average molecular weight is 408 g/mol. The summed E-state index contributed by atoms with van der Waals surface area (Å²) in [5, 5.41) is 14.3. The molecule has 0 fully saturated rings. The molecule has 2 heterocycles. The first-order valence-corrected chi connectivity index (χ1v) is 9.20. The molecule has 3 aromatic rings. The first-order valence-electron chi connectivity index (χ1n) is 9.20. The number of benzene rings is 2. The zero-order chi connectivity index (χ0) is 21.3. The van der Waals surface area contributed by atoms with Crippen LogP contribution in [0.2, 0.25) is 0 Å². The molecule has 0 aliphatic carbocycles. The molecule has 152 valence electrons. The van der Waals surface area contributed by atoms with Gasteiger partial charge in [-0.15, -0.1) is 10.2 Å². The van der Waals surface area contributed by atoms with Crippen molar-refractivity contribution in [3.63, 3.8) is 0 Å². The number of amides is 3. The van der Waals surface area contributed by atoms with Crippen LogP contribution < -0.4 is 5.32 Å². The molecule has 0 atom stereocenters. The molecule has 2 aromatic carbocycles. The van der Waals surface area contributed by atoms with Crippen LogP contribution in [0.5, 0.6) is 0 Å². The summed E-state index contributed by atoms with van der Waals surface area (Å²) in [4.78, 5) is 39.1. The molecule has 1 N–H and O–H groups in total. The number of nitrogens with one attached hydrogen (secondary N) is 1. The lowest BCUT2D eigenvalue weighted by Crippen LogP contribution is -2.32. The monoisotopic (exact) mass is 408 g/mol. The van der Waals surface area contributed by atoms with Crippen LogP contribution in [0.3, 0.4) is 0 Å². The lowest BCUT2D eigenvalue weighted by atomic mass is 10.1. The third kappa shape index (κ3) is 3.79. The lowest BCUT2D eigenvalue weighted by molar-refractivity contribution is -0.117. The van der Waals surface area contributed by atoms with Gasteiger partial charge < -0.3 is 5.32 Å². The van der Waals surface area contributed by atoms with Crippen LogP contribution in [-0.2, 0) is 17.8 Å². The number of imide groups is 1. The largest absolute Gasteiger partial charge is 0.324 e. The van der Waals surface area contributed by atoms with E-state index in [1.807, 2.05) is 0 Å². The Morgan fingerprint density at radius 3 is 2.47 bits per heavy atom. The predicted octanol–water partition coefficient (Wildman–Crippen LogP) is 1.60. The molecule has 1 aliphatic rings. The number of hydrogen-bond acceptors (Lipinski definition) is 6. The predicted molar refractivity (Wildman–Crippen MR) is 103 cm³/mol. The zero-order valence-corrected chi connectivity index (χ0v) is 16.0. The van der Waals surface area contributed by atoms with Crippen molar-refractivity contribution in [3.8, 4) is 0 Å². The highest BCUT2D eigenvalue weighted by atomic mass is 19.1. The van der Waals surface area contributed by atoms with Gasteiger partial charge in [-0.2, -0.15) is 4.80 Å². The van der Waals surface area contributed by atoms with Crippen molar-refractivity contribution in [2.45, 2.75) is 19.9 Å². The van der Waals surface area contributed by atoms with Crippen LogP contribution in [0.25, 0.3) is 0 Å². The van der Waals surface area contributed by atoms with Gasteiger partial charge in [-0.05, 0) is 42.0 Å². The number of nitrogens with zero attached hydrogens (tertiary/aromatic N) is 5. The van der Waals surface area contributed by atoms with Gasteiger partial charge in [-0.3, -0.25) is 19.3 Å². The summed E-state index contributed by atoms with van der Waals surface area (Å²) in [6.45, 7) is 1.52. The van der Waals surface area contributed by atoms with Crippen LogP contribution in [0.4, 0.5) is 10.1 Å². The Kier molecular flexibility index (Phi) is 5.05. The van der Waals surface area contributed by atoms with Gasteiger partial charge in [0, 0.05) is 18.7 Å². The first-order chi connectivity index (χ1) is 14.4. The SMILES string of the molecule is Cc1ccc(NC(=O)Cn2nnc(CCN3C(=O)c4ccccc4C3=O)n2)cc1F. The van der Waals surface area contributed by atoms with Crippen molar-refractivity contribution in [2.75, 3.05) is 11.9 Å². The second-order valence-corrected chi connectivity index (χ2v) is 6.81. The molecule has 0 saturated carbocycles. The molecule has 0 unspecified atom stereocenters. The van der Waals surface area contributed by atoms with Gasteiger partial charge in [-0.1, -0.05) is 18.2 Å². The Hall–Kier alpha value is -3.95. The van der Waals surface area contributed by atoms with Gasteiger partial charge in [0.05, 0.1) is 11.1 Å². The molecule has 30 heavy (non-hydrogen) atoms. The molecule has 0 spiro atoms. The fourth-order valence-corrected chi connectivity index (χ4v) is 3.10. The Morgan fingerprint density at radius 2 is 1.80 bits per heavy atom. The summed E-state index contributed by atoms with van der Waals surface area (Å²) < 4.78 is 13.6. The number of carbonyl (C=O) groups excluding carboxylic acids is 3. The third-order valence-electron chi connectivity index (χ3n) is 4.67. The van der Waals surface area contributed by atoms with Gasteiger partial charge >= 0.3 is 0 Å².